The summed E-state index contributed by atoms with van der Waals surface area (Å²) >= 11 is 0. The summed E-state index contributed by atoms with van der Waals surface area (Å²) in [6.07, 6.45) is 0.253. The monoisotopic (exact) mass is 501 g/mol. The van der Waals surface area contributed by atoms with Gasteiger partial charge in [-0.1, -0.05) is 29.8 Å². The van der Waals surface area contributed by atoms with Crippen LogP contribution >= 0.6 is 0 Å². The summed E-state index contributed by atoms with van der Waals surface area (Å²) in [5.41, 5.74) is -3.37. The van der Waals surface area contributed by atoms with Crippen molar-refractivity contribution in [2.45, 2.75) is 75.3 Å². The zero-order valence-electron chi connectivity index (χ0n) is 19.3. The molecule has 3 rings (SSSR count). The molecule has 186 valence electrons. The molecule has 0 aliphatic carbocycles. The number of benzene rings is 2. The number of aliphatic hydroxyl groups is 1. The van der Waals surface area contributed by atoms with Crippen molar-refractivity contribution >= 4 is 21.5 Å². The van der Waals surface area contributed by atoms with E-state index in [9.17, 15) is 35.9 Å². The highest BCUT2D eigenvalue weighted by molar-refractivity contribution is 7.92. The Kier molecular flexibility index (Phi) is 6.64. The largest absolute Gasteiger partial charge is 0.374 e. The van der Waals surface area contributed by atoms with Crippen molar-refractivity contribution < 1.29 is 35.9 Å². The first-order valence-electron chi connectivity index (χ1n) is 10.7. The highest BCUT2D eigenvalue weighted by Crippen LogP contribution is 2.49. The van der Waals surface area contributed by atoms with E-state index in [2.05, 4.69) is 0 Å². The number of anilines is 1. The van der Waals surface area contributed by atoms with Gasteiger partial charge in [-0.2, -0.15) is 0 Å². The number of halogens is 4. The van der Waals surface area contributed by atoms with Gasteiger partial charge >= 0.3 is 0 Å². The van der Waals surface area contributed by atoms with E-state index in [1.54, 1.807) is 19.1 Å². The van der Waals surface area contributed by atoms with Crippen LogP contribution in [0.15, 0.2) is 47.4 Å². The number of aryl methyl sites for hydroxylation is 2. The summed E-state index contributed by atoms with van der Waals surface area (Å²) in [4.78, 5) is 11.8. The number of Topliss-reactive ketones (excluding diaryl/α,β-unsaturated/α-hetero) is 1. The SMILES string of the molecule is CC(=O)CC1CCc2cc(C(O)(C(C)(F)F)C(C)(F)F)ccc2N1S(=O)(=O)c1ccc(C)cc1. The summed E-state index contributed by atoms with van der Waals surface area (Å²) in [5, 5.41) is 10.5. The molecule has 1 atom stereocenters. The van der Waals surface area contributed by atoms with Crippen molar-refractivity contribution in [2.75, 3.05) is 4.31 Å². The molecular formula is C24H27F4NO4S. The molecule has 0 radical (unpaired) electrons. The van der Waals surface area contributed by atoms with Crippen LogP contribution < -0.4 is 4.31 Å². The molecule has 1 N–H and O–H groups in total. The lowest BCUT2D eigenvalue weighted by molar-refractivity contribution is -0.278. The van der Waals surface area contributed by atoms with Gasteiger partial charge in [0.1, 0.15) is 5.78 Å². The highest BCUT2D eigenvalue weighted by atomic mass is 32.2. The maximum atomic E-state index is 14.2. The van der Waals surface area contributed by atoms with E-state index in [0.717, 1.165) is 28.1 Å². The molecular weight excluding hydrogens is 474 g/mol. The zero-order valence-corrected chi connectivity index (χ0v) is 20.1. The summed E-state index contributed by atoms with van der Waals surface area (Å²) in [6, 6.07) is 8.39. The zero-order chi connectivity index (χ0) is 25.7. The van der Waals surface area contributed by atoms with E-state index in [1.165, 1.54) is 19.1 Å². The Bertz CT molecular complexity index is 1170. The van der Waals surface area contributed by atoms with Gasteiger partial charge in [-0.3, -0.25) is 9.10 Å². The average molecular weight is 502 g/mol. The fourth-order valence-corrected chi connectivity index (χ4v) is 6.14. The van der Waals surface area contributed by atoms with Crippen LogP contribution in [0.4, 0.5) is 23.2 Å². The van der Waals surface area contributed by atoms with E-state index in [4.69, 9.17) is 0 Å². The number of alkyl halides is 4. The smallest absolute Gasteiger partial charge is 0.283 e. The van der Waals surface area contributed by atoms with Crippen LogP contribution in [-0.4, -0.2) is 37.2 Å². The topological polar surface area (TPSA) is 74.7 Å². The molecule has 2 aromatic rings. The van der Waals surface area contributed by atoms with Gasteiger partial charge in [0.25, 0.3) is 21.9 Å². The number of fused-ring (bicyclic) bond motifs is 1. The van der Waals surface area contributed by atoms with Crippen molar-refractivity contribution in [3.8, 4) is 0 Å². The summed E-state index contributed by atoms with van der Waals surface area (Å²) in [6.45, 7) is 3.55. The van der Waals surface area contributed by atoms with Gasteiger partial charge in [-0.25, -0.2) is 26.0 Å². The lowest BCUT2D eigenvalue weighted by atomic mass is 9.81. The number of hydrogen-bond donors (Lipinski definition) is 1. The fourth-order valence-electron chi connectivity index (χ4n) is 4.42. The Labute approximate surface area is 196 Å². The van der Waals surface area contributed by atoms with Gasteiger partial charge in [0.05, 0.1) is 16.6 Å². The van der Waals surface area contributed by atoms with Crippen molar-refractivity contribution in [2.24, 2.45) is 0 Å². The number of carbonyl (C=O) groups excluding carboxylic acids is 1. The maximum Gasteiger partial charge on any atom is 0.283 e. The first kappa shape index (κ1) is 26.2. The first-order chi connectivity index (χ1) is 15.5. The number of nitrogens with zero attached hydrogens (tertiary/aromatic N) is 1. The van der Waals surface area contributed by atoms with Gasteiger partial charge < -0.3 is 5.11 Å². The highest BCUT2D eigenvalue weighted by Gasteiger charge is 2.64. The van der Waals surface area contributed by atoms with Crippen LogP contribution in [0.5, 0.6) is 0 Å². The van der Waals surface area contributed by atoms with E-state index < -0.39 is 39.1 Å². The van der Waals surface area contributed by atoms with Crippen molar-refractivity contribution in [3.05, 3.63) is 59.2 Å². The molecule has 0 amide bonds. The van der Waals surface area contributed by atoms with Crippen molar-refractivity contribution in [3.63, 3.8) is 0 Å². The van der Waals surface area contributed by atoms with Crippen LogP contribution in [0.25, 0.3) is 0 Å². The van der Waals surface area contributed by atoms with Gasteiger partial charge in [-0.15, -0.1) is 0 Å². The third kappa shape index (κ3) is 4.45. The number of sulfonamides is 1. The third-order valence-electron chi connectivity index (χ3n) is 6.18. The Morgan fingerprint density at radius 2 is 1.62 bits per heavy atom. The quantitative estimate of drug-likeness (QED) is 0.543. The minimum atomic E-state index is -4.20. The molecule has 0 fully saturated rings. The van der Waals surface area contributed by atoms with Gasteiger partial charge in [0.15, 0.2) is 0 Å². The lowest BCUT2D eigenvalue weighted by Crippen LogP contribution is -2.55. The maximum absolute atomic E-state index is 14.2. The fraction of sp³-hybridized carbons (Fsp3) is 0.458. The molecule has 34 heavy (non-hydrogen) atoms. The number of hydrogen-bond acceptors (Lipinski definition) is 4. The minimum absolute atomic E-state index is 0.0275. The van der Waals surface area contributed by atoms with Crippen molar-refractivity contribution in [1.29, 1.82) is 0 Å². The molecule has 2 aromatic carbocycles. The van der Waals surface area contributed by atoms with Crippen LogP contribution in [0, 0.1) is 6.92 Å². The van der Waals surface area contributed by atoms with Crippen LogP contribution in [-0.2, 0) is 26.8 Å². The van der Waals surface area contributed by atoms with E-state index >= 15 is 0 Å². The van der Waals surface area contributed by atoms with Crippen molar-refractivity contribution in [1.82, 2.24) is 0 Å². The molecule has 1 heterocycles. The summed E-state index contributed by atoms with van der Waals surface area (Å²) in [7, 11) is -4.17. The third-order valence-corrected chi connectivity index (χ3v) is 8.07. The standard InChI is InChI=1S/C24H27F4NO4S/c1-15-5-10-20(11-6-15)34(32,33)29-19(13-16(2)30)9-7-17-14-18(8-12-21(17)29)24(31,22(3,25)26)23(4,27)28/h5-6,8,10-12,14,19,31H,7,9,13H2,1-4H3. The molecule has 1 unspecified atom stereocenters. The van der Waals surface area contributed by atoms with Gasteiger partial charge in [-0.05, 0) is 56.0 Å². The Hall–Kier alpha value is -2.46. The number of ketones is 1. The lowest BCUT2D eigenvalue weighted by Gasteiger charge is -2.41. The average Bonchev–Trinajstić information content (AvgIpc) is 2.70. The normalized spacial score (nSPS) is 17.4. The summed E-state index contributed by atoms with van der Waals surface area (Å²) in [5.74, 6) is -8.63. The minimum Gasteiger partial charge on any atom is -0.374 e. The molecule has 0 aromatic heterocycles. The Morgan fingerprint density at radius 3 is 2.12 bits per heavy atom. The predicted octanol–water partition coefficient (Wildman–Crippen LogP) is 4.98. The molecule has 0 saturated carbocycles. The second-order valence-electron chi connectivity index (χ2n) is 9.04. The van der Waals surface area contributed by atoms with Crippen LogP contribution in [0.2, 0.25) is 0 Å². The van der Waals surface area contributed by atoms with Gasteiger partial charge in [0.2, 0.25) is 5.60 Å². The van der Waals surface area contributed by atoms with E-state index in [1.807, 2.05) is 0 Å². The molecule has 0 spiro atoms. The Balaban J connectivity index is 2.20. The Morgan fingerprint density at radius 1 is 1.06 bits per heavy atom. The second-order valence-corrected chi connectivity index (χ2v) is 10.9. The predicted molar refractivity (Wildman–Crippen MR) is 120 cm³/mol. The van der Waals surface area contributed by atoms with Gasteiger partial charge in [0, 0.05) is 20.3 Å². The first-order valence-corrected chi connectivity index (χ1v) is 12.2. The molecule has 5 nitrogen and oxygen atoms in total. The van der Waals surface area contributed by atoms with E-state index in [0.29, 0.717) is 0 Å². The molecule has 10 heteroatoms. The summed E-state index contributed by atoms with van der Waals surface area (Å²) < 4.78 is 85.2. The number of carbonyl (C=O) groups is 1. The second kappa shape index (κ2) is 8.64. The molecule has 0 bridgehead atoms. The van der Waals surface area contributed by atoms with Crippen LogP contribution in [0.3, 0.4) is 0 Å². The molecule has 1 aliphatic heterocycles. The van der Waals surface area contributed by atoms with E-state index in [-0.39, 0.29) is 55.0 Å². The molecule has 0 saturated heterocycles. The molecule has 1 aliphatic rings. The van der Waals surface area contributed by atoms with Crippen LogP contribution in [0.1, 0.15) is 50.3 Å². The number of rotatable bonds is 7.